The van der Waals surface area contributed by atoms with Crippen molar-refractivity contribution in [2.24, 2.45) is 0 Å². The Bertz CT molecular complexity index is 677. The first kappa shape index (κ1) is 13.0. The van der Waals surface area contributed by atoms with Crippen LogP contribution in [0.4, 0.5) is 5.82 Å². The van der Waals surface area contributed by atoms with Crippen LogP contribution in [0, 0.1) is 0 Å². The van der Waals surface area contributed by atoms with Crippen molar-refractivity contribution < 1.29 is 9.47 Å². The van der Waals surface area contributed by atoms with Gasteiger partial charge in [-0.3, -0.25) is 0 Å². The number of hydrogen-bond donors (Lipinski definition) is 0. The summed E-state index contributed by atoms with van der Waals surface area (Å²) in [7, 11) is 0. The summed E-state index contributed by atoms with van der Waals surface area (Å²) in [5, 5.41) is 2.24. The average Bonchev–Trinajstić information content (AvgIpc) is 2.99. The molecule has 1 aromatic carbocycles. The summed E-state index contributed by atoms with van der Waals surface area (Å²) in [6.45, 7) is 1.31. The van der Waals surface area contributed by atoms with Crippen LogP contribution in [0.25, 0.3) is 10.8 Å². The molecule has 0 aliphatic carbocycles. The molecule has 3 heterocycles. The predicted octanol–water partition coefficient (Wildman–Crippen LogP) is 3.56. The van der Waals surface area contributed by atoms with Gasteiger partial charge in [0.15, 0.2) is 11.5 Å². The van der Waals surface area contributed by atoms with Crippen LogP contribution in [0.3, 0.4) is 0 Å². The molecule has 0 radical (unpaired) electrons. The molecule has 110 valence electrons. The molecule has 2 aromatic rings. The largest absolute Gasteiger partial charge is 0.454 e. The van der Waals surface area contributed by atoms with Crippen molar-refractivity contribution in [3.63, 3.8) is 0 Å². The minimum atomic E-state index is 0.294. The third-order valence-electron chi connectivity index (χ3n) is 4.31. The second-order valence-corrected chi connectivity index (χ2v) is 5.87. The number of alkyl halides is 1. The smallest absolute Gasteiger partial charge is 0.231 e. The van der Waals surface area contributed by atoms with Crippen LogP contribution in [0.5, 0.6) is 11.5 Å². The Hall–Kier alpha value is -1.68. The molecule has 1 fully saturated rings. The first-order chi connectivity index (χ1) is 10.4. The van der Waals surface area contributed by atoms with E-state index in [0.717, 1.165) is 41.1 Å². The van der Waals surface area contributed by atoms with Gasteiger partial charge in [-0.2, -0.15) is 0 Å². The topological polar surface area (TPSA) is 34.6 Å². The third kappa shape index (κ3) is 2.18. The Labute approximate surface area is 128 Å². The molecule has 0 bridgehead atoms. The van der Waals surface area contributed by atoms with Crippen LogP contribution in [0.15, 0.2) is 24.4 Å². The molecular formula is C16H17ClN2O2. The summed E-state index contributed by atoms with van der Waals surface area (Å²) in [4.78, 5) is 6.97. The van der Waals surface area contributed by atoms with Gasteiger partial charge in [-0.05, 0) is 42.8 Å². The highest BCUT2D eigenvalue weighted by Crippen LogP contribution is 2.39. The zero-order valence-corrected chi connectivity index (χ0v) is 12.5. The Balaban J connectivity index is 1.84. The van der Waals surface area contributed by atoms with Crippen LogP contribution in [0.2, 0.25) is 0 Å². The lowest BCUT2D eigenvalue weighted by atomic mass is 10.0. The summed E-state index contributed by atoms with van der Waals surface area (Å²) < 4.78 is 11.0. The van der Waals surface area contributed by atoms with Crippen LogP contribution in [-0.4, -0.2) is 30.2 Å². The molecule has 2 aliphatic heterocycles. The predicted molar refractivity (Wildman–Crippen MR) is 83.6 cm³/mol. The van der Waals surface area contributed by atoms with Crippen LogP contribution in [-0.2, 0) is 0 Å². The SMILES string of the molecule is ClCC1CCCCN1c1nccc2cc3c(cc12)OCO3. The molecule has 4 rings (SSSR count). The number of rotatable bonds is 2. The third-order valence-corrected chi connectivity index (χ3v) is 4.67. The Morgan fingerprint density at radius 3 is 2.95 bits per heavy atom. The van der Waals surface area contributed by atoms with E-state index in [2.05, 4.69) is 9.88 Å². The van der Waals surface area contributed by atoms with Gasteiger partial charge in [0.2, 0.25) is 6.79 Å². The second kappa shape index (κ2) is 5.26. The molecule has 1 unspecified atom stereocenters. The number of aromatic nitrogens is 1. The summed E-state index contributed by atoms with van der Waals surface area (Å²) in [6.07, 6.45) is 5.42. The van der Waals surface area contributed by atoms with E-state index in [1.807, 2.05) is 24.4 Å². The van der Waals surface area contributed by atoms with Gasteiger partial charge in [0, 0.05) is 30.0 Å². The first-order valence-corrected chi connectivity index (χ1v) is 7.91. The molecule has 21 heavy (non-hydrogen) atoms. The highest BCUT2D eigenvalue weighted by atomic mass is 35.5. The molecule has 4 nitrogen and oxygen atoms in total. The summed E-state index contributed by atoms with van der Waals surface area (Å²) in [5.74, 6) is 3.27. The van der Waals surface area contributed by atoms with E-state index in [-0.39, 0.29) is 0 Å². The Morgan fingerprint density at radius 2 is 2.10 bits per heavy atom. The molecule has 2 aliphatic rings. The first-order valence-electron chi connectivity index (χ1n) is 7.38. The lowest BCUT2D eigenvalue weighted by molar-refractivity contribution is 0.174. The number of hydrogen-bond acceptors (Lipinski definition) is 4. The fraction of sp³-hybridized carbons (Fsp3) is 0.438. The quantitative estimate of drug-likeness (QED) is 0.795. The Kier molecular flexibility index (Phi) is 3.26. The van der Waals surface area contributed by atoms with Gasteiger partial charge in [0.1, 0.15) is 5.82 Å². The van der Waals surface area contributed by atoms with Crippen molar-refractivity contribution in [3.8, 4) is 11.5 Å². The van der Waals surface area contributed by atoms with E-state index in [1.54, 1.807) is 0 Å². The van der Waals surface area contributed by atoms with Crippen molar-refractivity contribution >= 4 is 28.2 Å². The van der Waals surface area contributed by atoms with Gasteiger partial charge >= 0.3 is 0 Å². The van der Waals surface area contributed by atoms with E-state index >= 15 is 0 Å². The number of nitrogens with zero attached hydrogens (tertiary/aromatic N) is 2. The second-order valence-electron chi connectivity index (χ2n) is 5.56. The van der Waals surface area contributed by atoms with E-state index in [9.17, 15) is 0 Å². The van der Waals surface area contributed by atoms with Gasteiger partial charge in [-0.15, -0.1) is 11.6 Å². The zero-order valence-electron chi connectivity index (χ0n) is 11.7. The monoisotopic (exact) mass is 304 g/mol. The van der Waals surface area contributed by atoms with Gasteiger partial charge in [-0.25, -0.2) is 4.98 Å². The minimum absolute atomic E-state index is 0.294. The normalized spacial score (nSPS) is 21.0. The van der Waals surface area contributed by atoms with Crippen LogP contribution < -0.4 is 14.4 Å². The maximum atomic E-state index is 6.16. The molecule has 0 saturated carbocycles. The van der Waals surface area contributed by atoms with Gasteiger partial charge in [0.25, 0.3) is 0 Å². The lowest BCUT2D eigenvalue weighted by Crippen LogP contribution is -2.41. The Morgan fingerprint density at radius 1 is 1.24 bits per heavy atom. The van der Waals surface area contributed by atoms with Gasteiger partial charge < -0.3 is 14.4 Å². The molecule has 0 spiro atoms. The average molecular weight is 305 g/mol. The number of anilines is 1. The van der Waals surface area contributed by atoms with Crippen molar-refractivity contribution in [2.45, 2.75) is 25.3 Å². The van der Waals surface area contributed by atoms with Gasteiger partial charge in [0.05, 0.1) is 0 Å². The highest BCUT2D eigenvalue weighted by molar-refractivity contribution is 6.18. The van der Waals surface area contributed by atoms with Crippen LogP contribution in [0.1, 0.15) is 19.3 Å². The fourth-order valence-corrected chi connectivity index (χ4v) is 3.54. The molecule has 1 saturated heterocycles. The molecule has 0 amide bonds. The summed E-state index contributed by atoms with van der Waals surface area (Å²) in [5.41, 5.74) is 0. The molecular weight excluding hydrogens is 288 g/mol. The van der Waals surface area contributed by atoms with E-state index in [0.29, 0.717) is 18.7 Å². The van der Waals surface area contributed by atoms with Crippen molar-refractivity contribution in [3.05, 3.63) is 24.4 Å². The van der Waals surface area contributed by atoms with E-state index in [4.69, 9.17) is 21.1 Å². The highest BCUT2D eigenvalue weighted by Gasteiger charge is 2.25. The molecule has 0 N–H and O–H groups in total. The summed E-state index contributed by atoms with van der Waals surface area (Å²) >= 11 is 6.16. The standard InChI is InChI=1S/C16H17ClN2O2/c17-9-12-3-1-2-6-19(12)16-13-8-15-14(20-10-21-15)7-11(13)4-5-18-16/h4-5,7-8,12H,1-3,6,9-10H2. The van der Waals surface area contributed by atoms with Crippen molar-refractivity contribution in [1.29, 1.82) is 0 Å². The van der Waals surface area contributed by atoms with Crippen molar-refractivity contribution in [1.82, 2.24) is 4.98 Å². The summed E-state index contributed by atoms with van der Waals surface area (Å²) in [6, 6.07) is 6.45. The van der Waals surface area contributed by atoms with Gasteiger partial charge in [-0.1, -0.05) is 0 Å². The number of fused-ring (bicyclic) bond motifs is 2. The number of halogens is 1. The lowest BCUT2D eigenvalue weighted by Gasteiger charge is -2.36. The molecule has 1 aromatic heterocycles. The zero-order chi connectivity index (χ0) is 14.2. The maximum absolute atomic E-state index is 6.16. The number of pyridine rings is 1. The number of piperidine rings is 1. The maximum Gasteiger partial charge on any atom is 0.231 e. The number of benzene rings is 1. The number of ether oxygens (including phenoxy) is 2. The minimum Gasteiger partial charge on any atom is -0.454 e. The molecule has 5 heteroatoms. The van der Waals surface area contributed by atoms with E-state index < -0.39 is 0 Å². The van der Waals surface area contributed by atoms with Crippen LogP contribution >= 0.6 is 11.6 Å². The van der Waals surface area contributed by atoms with Crippen molar-refractivity contribution in [2.75, 3.05) is 24.1 Å². The fourth-order valence-electron chi connectivity index (χ4n) is 3.22. The molecule has 1 atom stereocenters. The van der Waals surface area contributed by atoms with E-state index in [1.165, 1.54) is 12.8 Å².